The minimum atomic E-state index is -1.08. The number of carbonyl (C=O) groups is 4. The van der Waals surface area contributed by atoms with Gasteiger partial charge in [0, 0.05) is 4.75 Å². The number of quaternary nitrogens is 1. The second-order valence-corrected chi connectivity index (χ2v) is 12.1. The van der Waals surface area contributed by atoms with Crippen LogP contribution in [-0.2, 0) is 19.1 Å². The highest BCUT2D eigenvalue weighted by Crippen LogP contribution is 2.51. The molecule has 2 aliphatic heterocycles. The number of esters is 1. The highest BCUT2D eigenvalue weighted by Gasteiger charge is 2.64. The number of carboxylic acids is 1. The lowest BCUT2D eigenvalue weighted by atomic mass is 9.95. The Hall–Kier alpha value is -2.99. The first-order valence-corrected chi connectivity index (χ1v) is 12.3. The predicted octanol–water partition coefficient (Wildman–Crippen LogP) is 0.957. The molecule has 2 heterocycles. The molecule has 11 nitrogen and oxygen atoms in total. The fourth-order valence-corrected chi connectivity index (χ4v) is 6.21. The number of fused-ring (bicyclic) bond motifs is 1. The minimum absolute atomic E-state index is 0.170. The van der Waals surface area contributed by atoms with Gasteiger partial charge < -0.3 is 34.0 Å². The SMILES string of the molecule is COc1cccc(OC)c1C(=O)N[C@@H]1C(=O)N2[C@@H]1SC(C)(C)[C@@H]2C(=O)OC(CC(=O)O)C[N+](C)(C)C. The maximum Gasteiger partial charge on any atom is 0.330 e. The van der Waals surface area contributed by atoms with Crippen molar-refractivity contribution < 1.29 is 43.0 Å². The van der Waals surface area contributed by atoms with E-state index in [0.717, 1.165) is 0 Å². The molecule has 2 fully saturated rings. The number of aliphatic carboxylic acids is 1. The zero-order chi connectivity index (χ0) is 27.0. The van der Waals surface area contributed by atoms with Gasteiger partial charge in [-0.15, -0.1) is 11.8 Å². The number of carbonyl (C=O) groups excluding carboxylic acids is 3. The van der Waals surface area contributed by atoms with Crippen molar-refractivity contribution in [1.82, 2.24) is 10.2 Å². The second kappa shape index (κ2) is 10.2. The molecule has 0 radical (unpaired) electrons. The molecule has 2 aliphatic rings. The van der Waals surface area contributed by atoms with Crippen LogP contribution in [0.4, 0.5) is 0 Å². The van der Waals surface area contributed by atoms with E-state index in [1.54, 1.807) is 18.2 Å². The van der Waals surface area contributed by atoms with Crippen LogP contribution in [0.5, 0.6) is 11.5 Å². The number of rotatable bonds is 10. The largest absolute Gasteiger partial charge is 0.496 e. The Balaban J connectivity index is 1.77. The summed E-state index contributed by atoms with van der Waals surface area (Å²) in [5.74, 6) is -2.07. The van der Waals surface area contributed by atoms with Crippen LogP contribution in [0.2, 0.25) is 0 Å². The van der Waals surface area contributed by atoms with E-state index in [-0.39, 0.29) is 12.0 Å². The first kappa shape index (κ1) is 27.6. The van der Waals surface area contributed by atoms with E-state index < -0.39 is 52.1 Å². The summed E-state index contributed by atoms with van der Waals surface area (Å²) in [6.45, 7) is 3.95. The molecule has 0 aromatic heterocycles. The van der Waals surface area contributed by atoms with Gasteiger partial charge in [-0.25, -0.2) is 4.79 Å². The van der Waals surface area contributed by atoms with Crippen molar-refractivity contribution >= 4 is 35.5 Å². The van der Waals surface area contributed by atoms with Gasteiger partial charge in [-0.05, 0) is 26.0 Å². The van der Waals surface area contributed by atoms with E-state index in [1.165, 1.54) is 30.9 Å². The monoisotopic (exact) mass is 524 g/mol. The molecule has 0 spiro atoms. The Morgan fingerprint density at radius 2 is 1.75 bits per heavy atom. The van der Waals surface area contributed by atoms with Gasteiger partial charge in [0.05, 0.1) is 41.8 Å². The number of nitrogens with zero attached hydrogens (tertiary/aromatic N) is 2. The molecule has 3 rings (SSSR count). The van der Waals surface area contributed by atoms with Crippen molar-refractivity contribution in [1.29, 1.82) is 0 Å². The number of benzene rings is 1. The molecular formula is C24H34N3O8S+. The Labute approximate surface area is 214 Å². The molecule has 2 N–H and O–H groups in total. The lowest BCUT2D eigenvalue weighted by Crippen LogP contribution is -2.70. The number of ether oxygens (including phenoxy) is 3. The number of carboxylic acid groups (broad SMARTS) is 1. The average molecular weight is 525 g/mol. The van der Waals surface area contributed by atoms with Gasteiger partial charge in [0.2, 0.25) is 5.91 Å². The average Bonchev–Trinajstić information content (AvgIpc) is 3.02. The van der Waals surface area contributed by atoms with Crippen LogP contribution < -0.4 is 14.8 Å². The Kier molecular flexibility index (Phi) is 7.80. The van der Waals surface area contributed by atoms with Crippen molar-refractivity contribution in [2.45, 2.75) is 48.6 Å². The van der Waals surface area contributed by atoms with Crippen molar-refractivity contribution in [3.8, 4) is 11.5 Å². The van der Waals surface area contributed by atoms with Crippen LogP contribution in [0.25, 0.3) is 0 Å². The number of likely N-dealkylation sites (N-methyl/N-ethyl adjacent to an activating group) is 1. The molecule has 12 heteroatoms. The normalized spacial score (nSPS) is 23.2. The van der Waals surface area contributed by atoms with E-state index in [2.05, 4.69) is 5.32 Å². The molecule has 0 aliphatic carbocycles. The Morgan fingerprint density at radius 1 is 1.17 bits per heavy atom. The molecule has 198 valence electrons. The van der Waals surface area contributed by atoms with Gasteiger partial charge in [0.15, 0.2) is 6.10 Å². The van der Waals surface area contributed by atoms with Crippen molar-refractivity contribution in [3.63, 3.8) is 0 Å². The third kappa shape index (κ3) is 5.54. The van der Waals surface area contributed by atoms with E-state index >= 15 is 0 Å². The van der Waals surface area contributed by atoms with Gasteiger partial charge in [-0.1, -0.05) is 6.07 Å². The number of hydrogen-bond donors (Lipinski definition) is 2. The van der Waals surface area contributed by atoms with Crippen molar-refractivity contribution in [2.75, 3.05) is 41.9 Å². The molecule has 0 saturated carbocycles. The summed E-state index contributed by atoms with van der Waals surface area (Å²) >= 11 is 1.38. The molecule has 0 bridgehead atoms. The summed E-state index contributed by atoms with van der Waals surface area (Å²) in [7, 11) is 8.48. The zero-order valence-electron chi connectivity index (χ0n) is 21.6. The standard InChI is InChI=1S/C24H33N3O8S/c1-24(2)19(23(32)35-13(11-16(28)29)12-27(3,4)5)26-21(31)18(22(26)36-24)25-20(30)17-14(33-6)9-8-10-15(17)34-7/h8-10,13,18-19,22H,11-12H2,1-7H3,(H-,25,28,29,30)/p+1/t13?,18-,19+,22-/m1/s1. The Morgan fingerprint density at radius 3 is 2.25 bits per heavy atom. The zero-order valence-corrected chi connectivity index (χ0v) is 22.4. The van der Waals surface area contributed by atoms with Gasteiger partial charge in [0.25, 0.3) is 5.91 Å². The fourth-order valence-electron chi connectivity index (χ4n) is 4.59. The Bertz CT molecular complexity index is 1030. The van der Waals surface area contributed by atoms with Gasteiger partial charge in [0.1, 0.15) is 41.1 Å². The maximum absolute atomic E-state index is 13.2. The van der Waals surface area contributed by atoms with Crippen LogP contribution >= 0.6 is 11.8 Å². The first-order valence-electron chi connectivity index (χ1n) is 11.4. The predicted molar refractivity (Wildman–Crippen MR) is 132 cm³/mol. The lowest BCUT2D eigenvalue weighted by Gasteiger charge is -2.44. The summed E-state index contributed by atoms with van der Waals surface area (Å²) in [6.07, 6.45) is -1.18. The third-order valence-corrected chi connectivity index (χ3v) is 7.61. The molecule has 1 aromatic rings. The summed E-state index contributed by atoms with van der Waals surface area (Å²) in [4.78, 5) is 52.2. The van der Waals surface area contributed by atoms with E-state index in [0.29, 0.717) is 22.5 Å². The topological polar surface area (TPSA) is 131 Å². The number of β-lactam (4-membered cyclic amide) rings is 1. The van der Waals surface area contributed by atoms with E-state index in [4.69, 9.17) is 14.2 Å². The first-order chi connectivity index (χ1) is 16.7. The number of methoxy groups -OCH3 is 2. The maximum atomic E-state index is 13.2. The molecule has 2 saturated heterocycles. The van der Waals surface area contributed by atoms with Gasteiger partial charge in [-0.3, -0.25) is 14.4 Å². The van der Waals surface area contributed by atoms with Crippen molar-refractivity contribution in [3.05, 3.63) is 23.8 Å². The highest BCUT2D eigenvalue weighted by atomic mass is 32.2. The van der Waals surface area contributed by atoms with Crippen LogP contribution in [0.1, 0.15) is 30.6 Å². The molecule has 4 atom stereocenters. The second-order valence-electron chi connectivity index (χ2n) is 10.4. The van der Waals surface area contributed by atoms with Crippen molar-refractivity contribution in [2.24, 2.45) is 0 Å². The van der Waals surface area contributed by atoms with Gasteiger partial charge in [-0.2, -0.15) is 0 Å². The summed E-state index contributed by atoms with van der Waals surface area (Å²) < 4.78 is 15.9. The molecule has 1 unspecified atom stereocenters. The number of amides is 2. The molecule has 36 heavy (non-hydrogen) atoms. The van der Waals surface area contributed by atoms with E-state index in [1.807, 2.05) is 35.0 Å². The molecule has 1 aromatic carbocycles. The molecule has 2 amide bonds. The number of hydrogen-bond acceptors (Lipinski definition) is 8. The van der Waals surface area contributed by atoms with Crippen LogP contribution in [0.3, 0.4) is 0 Å². The van der Waals surface area contributed by atoms with Crippen LogP contribution in [0.15, 0.2) is 18.2 Å². The number of nitrogens with one attached hydrogen (secondary N) is 1. The third-order valence-electron chi connectivity index (χ3n) is 6.04. The summed E-state index contributed by atoms with van der Waals surface area (Å²) in [5, 5.41) is 11.5. The van der Waals surface area contributed by atoms with Crippen LogP contribution in [0, 0.1) is 0 Å². The van der Waals surface area contributed by atoms with Gasteiger partial charge >= 0.3 is 11.9 Å². The summed E-state index contributed by atoms with van der Waals surface area (Å²) in [6, 6.07) is 3.16. The number of thioether (sulfide) groups is 1. The van der Waals surface area contributed by atoms with E-state index in [9.17, 15) is 24.3 Å². The molecular weight excluding hydrogens is 490 g/mol. The summed E-state index contributed by atoms with van der Waals surface area (Å²) in [5.41, 5.74) is 0.170. The minimum Gasteiger partial charge on any atom is -0.496 e. The smallest absolute Gasteiger partial charge is 0.330 e. The van der Waals surface area contributed by atoms with Crippen LogP contribution in [-0.4, -0.2) is 108 Å². The lowest BCUT2D eigenvalue weighted by molar-refractivity contribution is -0.873. The fraction of sp³-hybridized carbons (Fsp3) is 0.583. The highest BCUT2D eigenvalue weighted by molar-refractivity contribution is 8.01. The quantitative estimate of drug-likeness (QED) is 0.261.